The van der Waals surface area contributed by atoms with E-state index in [4.69, 9.17) is 11.5 Å². The van der Waals surface area contributed by atoms with Gasteiger partial charge in [-0.2, -0.15) is 11.8 Å². The number of nitrogens with zero attached hydrogens (tertiary/aromatic N) is 5. The number of aliphatic carboxylic acids is 3. The molecule has 0 bridgehead atoms. The van der Waals surface area contributed by atoms with Crippen molar-refractivity contribution in [3.63, 3.8) is 0 Å². The normalized spacial score (nSPS) is 17.4. The van der Waals surface area contributed by atoms with Crippen LogP contribution in [0, 0.1) is 23.7 Å². The summed E-state index contributed by atoms with van der Waals surface area (Å²) in [5.41, 5.74) is 12.9. The fraction of sp³-hybridized carbons (Fsp3) is 0.653. The summed E-state index contributed by atoms with van der Waals surface area (Å²) in [6, 6.07) is -1.50. The third-order valence-electron chi connectivity index (χ3n) is 19.8. The second-order valence-corrected chi connectivity index (χ2v) is 30.9. The summed E-state index contributed by atoms with van der Waals surface area (Å²) < 4.78 is 0. The minimum atomic E-state index is -1.39. The standard InChI is InChI=1S/C75H119N19O18S/c1-46(2)34-57(73(110)86-55(68(77)105)23-33-113-6)88-74(111)59(36-52-39-78-45-83-52)85-62(97)40-82-75(112)67(47(3)4)90-69(106)48(5)84-72(109)58(35-51-38-80-54-15-12-11-14-53(51)54)89-71(108)56(21-22-60(76)95)87-70(107)50-19-17-49(18-20-50)37-81-61(96)16-10-8-7-9-13-24-79-63(98)41-91-25-27-92(42-64(99)100)29-31-94(44-66(103)104)32-30-93(28-26-91)43-65(101)102/h11-12,14-15,38-39,45-50,55-59,67,80H,7-10,13,16-37,40-44H2,1-6H3,(H2,76,95)(H2,77,105)(H,78,83)(H,79,98)(H,81,96)(H,82,112)(H,84,109)(H,85,97)(H,86,110)(H,87,107)(H,88,111)(H,89,108)(H,90,106)(H,99,100)(H,101,102)(H,103,104)/t48-,49?,50?,55-,56-,57-,58-,59-,67-/m0/s1. The fourth-order valence-electron chi connectivity index (χ4n) is 13.3. The molecule has 1 aliphatic carbocycles. The minimum absolute atomic E-state index is 0.0139. The molecule has 0 radical (unpaired) electrons. The number of unbranched alkanes of at least 4 members (excludes halogenated alkanes) is 4. The molecule has 1 saturated heterocycles. The number of carboxylic acid groups (broad SMARTS) is 3. The first-order valence-electron chi connectivity index (χ1n) is 38.8. The fourth-order valence-corrected chi connectivity index (χ4v) is 13.8. The van der Waals surface area contributed by atoms with Crippen LogP contribution >= 0.6 is 11.8 Å². The van der Waals surface area contributed by atoms with Gasteiger partial charge in [0, 0.05) is 126 Å². The summed E-state index contributed by atoms with van der Waals surface area (Å²) in [6.45, 7) is 9.97. The monoisotopic (exact) mass is 1610 g/mol. The van der Waals surface area contributed by atoms with Crippen LogP contribution < -0.4 is 64.6 Å². The number of aromatic nitrogens is 3. The summed E-state index contributed by atoms with van der Waals surface area (Å²) in [5, 5.41) is 56.5. The maximum atomic E-state index is 14.5. The summed E-state index contributed by atoms with van der Waals surface area (Å²) in [5.74, 6) is -11.4. The smallest absolute Gasteiger partial charge is 0.317 e. The van der Waals surface area contributed by atoms with Gasteiger partial charge in [0.1, 0.15) is 42.3 Å². The Hall–Kier alpha value is -9.79. The van der Waals surface area contributed by atoms with Gasteiger partial charge in [0.05, 0.1) is 39.1 Å². The van der Waals surface area contributed by atoms with Gasteiger partial charge in [-0.05, 0) is 106 Å². The Kier molecular flexibility index (Phi) is 41.2. The number of nitrogens with one attached hydrogen (secondary N) is 12. The maximum Gasteiger partial charge on any atom is 0.317 e. The predicted molar refractivity (Wildman–Crippen MR) is 419 cm³/mol. The van der Waals surface area contributed by atoms with Crippen molar-refractivity contribution >= 4 is 111 Å². The quantitative estimate of drug-likeness (QED) is 0.0279. The zero-order chi connectivity index (χ0) is 83.1. The zero-order valence-corrected chi connectivity index (χ0v) is 66.6. The van der Waals surface area contributed by atoms with Crippen LogP contribution in [-0.4, -0.2) is 291 Å². The number of aromatic amines is 2. The van der Waals surface area contributed by atoms with Gasteiger partial charge in [-0.3, -0.25) is 91.5 Å². The third kappa shape index (κ3) is 35.8. The van der Waals surface area contributed by atoms with Crippen LogP contribution in [0.4, 0.5) is 0 Å². The molecule has 1 aliphatic heterocycles. The summed E-state index contributed by atoms with van der Waals surface area (Å²) >= 11 is 1.46. The van der Waals surface area contributed by atoms with Crippen LogP contribution in [0.3, 0.4) is 0 Å². The molecule has 3 aromatic rings. The average Bonchev–Trinajstić information content (AvgIpc) is 1.69. The van der Waals surface area contributed by atoms with Crippen molar-refractivity contribution in [3.05, 3.63) is 54.2 Å². The number of nitrogens with two attached hydrogens (primary N) is 2. The number of carbonyl (C=O) groups excluding carboxylic acids is 12. The molecule has 1 saturated carbocycles. The Labute approximate surface area is 662 Å². The van der Waals surface area contributed by atoms with Crippen molar-refractivity contribution in [1.29, 1.82) is 0 Å². The molecule has 0 spiro atoms. The molecule has 628 valence electrons. The first kappa shape index (κ1) is 93.8. The SMILES string of the molecule is CSCC[C@H](NC(=O)[C@H](CC(C)C)NC(=O)[C@H](Cc1cnc[nH]1)NC(=O)CNC(=O)[C@@H](NC(=O)[C@H](C)NC(=O)[C@H](Cc1c[nH]c2ccccc12)NC(=O)[C@H](CCC(N)=O)NC(=O)C1CCC(CNC(=O)CCCCCCCNC(=O)CN2CCN(CC(=O)O)CCN(CC(=O)O)CCN(CC(=O)O)CC2)CC1)C(C)C)C(N)=O. The van der Waals surface area contributed by atoms with Crippen molar-refractivity contribution in [2.24, 2.45) is 35.1 Å². The lowest BCUT2D eigenvalue weighted by Gasteiger charge is -2.32. The lowest BCUT2D eigenvalue weighted by Crippen LogP contribution is -2.59. The number of imidazole rings is 1. The number of carboxylic acids is 3. The summed E-state index contributed by atoms with van der Waals surface area (Å²) in [7, 11) is 0. The number of fused-ring (bicyclic) bond motifs is 1. The molecule has 2 aliphatic rings. The Morgan fingerprint density at radius 1 is 0.540 bits per heavy atom. The number of amides is 12. The number of carbonyl (C=O) groups is 15. The third-order valence-corrected chi connectivity index (χ3v) is 20.4. The predicted octanol–water partition coefficient (Wildman–Crippen LogP) is -1.73. The molecule has 19 N–H and O–H groups in total. The van der Waals surface area contributed by atoms with E-state index in [-0.39, 0.29) is 115 Å². The summed E-state index contributed by atoms with van der Waals surface area (Å²) in [6.07, 6.45) is 12.2. The van der Waals surface area contributed by atoms with Crippen molar-refractivity contribution in [2.75, 3.05) is 110 Å². The van der Waals surface area contributed by atoms with Crippen LogP contribution in [0.5, 0.6) is 0 Å². The van der Waals surface area contributed by atoms with Crippen LogP contribution in [0.25, 0.3) is 10.9 Å². The first-order chi connectivity index (χ1) is 53.8. The number of thioether (sulfide) groups is 1. The molecule has 37 nitrogen and oxygen atoms in total. The number of benzene rings is 1. The van der Waals surface area contributed by atoms with E-state index in [9.17, 15) is 87.2 Å². The van der Waals surface area contributed by atoms with E-state index < -0.39 is 138 Å². The van der Waals surface area contributed by atoms with Crippen molar-refractivity contribution < 1.29 is 87.2 Å². The van der Waals surface area contributed by atoms with Gasteiger partial charge in [0.25, 0.3) is 0 Å². The molecule has 7 atom stereocenters. The van der Waals surface area contributed by atoms with E-state index in [1.165, 1.54) is 31.2 Å². The zero-order valence-electron chi connectivity index (χ0n) is 65.8. The lowest BCUT2D eigenvalue weighted by atomic mass is 9.81. The van der Waals surface area contributed by atoms with Crippen molar-refractivity contribution in [3.8, 4) is 0 Å². The van der Waals surface area contributed by atoms with Gasteiger partial charge >= 0.3 is 17.9 Å². The van der Waals surface area contributed by atoms with Crippen LogP contribution in [-0.2, 0) is 84.8 Å². The average molecular weight is 1610 g/mol. The number of para-hydroxylation sites is 1. The number of hydrogen-bond donors (Lipinski definition) is 17. The van der Waals surface area contributed by atoms with Crippen LogP contribution in [0.15, 0.2) is 43.0 Å². The highest BCUT2D eigenvalue weighted by Crippen LogP contribution is 2.29. The lowest BCUT2D eigenvalue weighted by molar-refractivity contribution is -0.140. The number of primary amides is 2. The highest BCUT2D eigenvalue weighted by Gasteiger charge is 2.36. The van der Waals surface area contributed by atoms with Crippen molar-refractivity contribution in [2.45, 2.75) is 180 Å². The molecular weight excluding hydrogens is 1490 g/mol. The Bertz CT molecular complexity index is 3600. The highest BCUT2D eigenvalue weighted by atomic mass is 32.2. The van der Waals surface area contributed by atoms with E-state index in [1.54, 1.807) is 40.8 Å². The van der Waals surface area contributed by atoms with Gasteiger partial charge in [0.15, 0.2) is 0 Å². The maximum absolute atomic E-state index is 14.5. The highest BCUT2D eigenvalue weighted by molar-refractivity contribution is 7.98. The van der Waals surface area contributed by atoms with Gasteiger partial charge in [-0.15, -0.1) is 0 Å². The number of rotatable bonds is 48. The minimum Gasteiger partial charge on any atom is -0.480 e. The molecule has 0 unspecified atom stereocenters. The molecule has 113 heavy (non-hydrogen) atoms. The van der Waals surface area contributed by atoms with Gasteiger partial charge in [0.2, 0.25) is 70.9 Å². The molecular formula is C75H119N19O18S. The van der Waals surface area contributed by atoms with E-state index in [0.717, 1.165) is 30.2 Å². The van der Waals surface area contributed by atoms with Gasteiger partial charge in [-0.25, -0.2) is 4.98 Å². The Morgan fingerprint density at radius 2 is 1.09 bits per heavy atom. The number of H-pyrrole nitrogens is 2. The van der Waals surface area contributed by atoms with E-state index in [1.807, 2.05) is 43.2 Å². The molecule has 3 heterocycles. The van der Waals surface area contributed by atoms with E-state index in [0.29, 0.717) is 101 Å². The van der Waals surface area contributed by atoms with E-state index >= 15 is 0 Å². The summed E-state index contributed by atoms with van der Waals surface area (Å²) in [4.78, 5) is 214. The van der Waals surface area contributed by atoms with Gasteiger partial charge in [-0.1, -0.05) is 65.2 Å². The molecule has 5 rings (SSSR count). The van der Waals surface area contributed by atoms with E-state index in [2.05, 4.69) is 68.1 Å². The molecule has 38 heteroatoms. The Balaban J connectivity index is 1.09. The van der Waals surface area contributed by atoms with Gasteiger partial charge < -0.3 is 89.9 Å². The Morgan fingerprint density at radius 3 is 1.65 bits per heavy atom. The first-order valence-corrected chi connectivity index (χ1v) is 40.2. The molecule has 12 amide bonds. The second-order valence-electron chi connectivity index (χ2n) is 29.9. The topological polar surface area (TPSA) is 547 Å². The molecule has 2 aromatic heterocycles. The second kappa shape index (κ2) is 49.7. The van der Waals surface area contributed by atoms with Crippen molar-refractivity contribution in [1.82, 2.24) is 87.7 Å². The number of hydrogen-bond acceptors (Lipinski definition) is 21. The molecule has 2 fully saturated rings. The van der Waals surface area contributed by atoms with Crippen LogP contribution in [0.2, 0.25) is 0 Å². The molecule has 1 aromatic carbocycles. The largest absolute Gasteiger partial charge is 0.480 e. The van der Waals surface area contributed by atoms with Crippen LogP contribution in [0.1, 0.15) is 136 Å².